The van der Waals surface area contributed by atoms with Gasteiger partial charge < -0.3 is 5.32 Å². The van der Waals surface area contributed by atoms with Crippen LogP contribution in [0.3, 0.4) is 0 Å². The molecule has 3 aromatic carbocycles. The Morgan fingerprint density at radius 2 is 1.65 bits per heavy atom. The van der Waals surface area contributed by atoms with Crippen molar-refractivity contribution in [3.63, 3.8) is 0 Å². The van der Waals surface area contributed by atoms with E-state index in [9.17, 15) is 13.6 Å². The first-order valence-electron chi connectivity index (χ1n) is 7.75. The summed E-state index contributed by atoms with van der Waals surface area (Å²) in [7, 11) is 0. The number of nitrogens with one attached hydrogen (secondary N) is 1. The van der Waals surface area contributed by atoms with E-state index in [4.69, 9.17) is 11.6 Å². The number of anilines is 1. The van der Waals surface area contributed by atoms with Gasteiger partial charge in [0, 0.05) is 27.3 Å². The SMILES string of the molecule is O=C(Nc1ccc(F)cc1F)c1ccc(CSc2ccc(Cl)cc2)cc1. The summed E-state index contributed by atoms with van der Waals surface area (Å²) in [5.74, 6) is -1.21. The maximum Gasteiger partial charge on any atom is 0.255 e. The number of hydrogen-bond acceptors (Lipinski definition) is 2. The van der Waals surface area contributed by atoms with Gasteiger partial charge in [0.2, 0.25) is 0 Å². The monoisotopic (exact) mass is 389 g/mol. The van der Waals surface area contributed by atoms with Gasteiger partial charge in [-0.05, 0) is 54.1 Å². The Labute approximate surface area is 159 Å². The van der Waals surface area contributed by atoms with E-state index in [0.29, 0.717) is 10.6 Å². The fraction of sp³-hybridized carbons (Fsp3) is 0.0500. The fourth-order valence-corrected chi connectivity index (χ4v) is 3.22. The summed E-state index contributed by atoms with van der Waals surface area (Å²) in [6, 6.07) is 17.6. The Morgan fingerprint density at radius 3 is 2.31 bits per heavy atom. The van der Waals surface area contributed by atoms with E-state index >= 15 is 0 Å². The summed E-state index contributed by atoms with van der Waals surface area (Å²) in [5, 5.41) is 3.13. The highest BCUT2D eigenvalue weighted by Crippen LogP contribution is 2.24. The Morgan fingerprint density at radius 1 is 0.962 bits per heavy atom. The van der Waals surface area contributed by atoms with Gasteiger partial charge in [0.15, 0.2) is 0 Å². The molecule has 0 fully saturated rings. The first kappa shape index (κ1) is 18.4. The number of carbonyl (C=O) groups excluding carboxylic acids is 1. The predicted octanol–water partition coefficient (Wildman–Crippen LogP) is 6.16. The maximum absolute atomic E-state index is 13.6. The van der Waals surface area contributed by atoms with Crippen LogP contribution in [-0.4, -0.2) is 5.91 Å². The first-order valence-corrected chi connectivity index (χ1v) is 9.11. The van der Waals surface area contributed by atoms with Crippen molar-refractivity contribution in [2.75, 3.05) is 5.32 Å². The smallest absolute Gasteiger partial charge is 0.255 e. The largest absolute Gasteiger partial charge is 0.319 e. The van der Waals surface area contributed by atoms with E-state index in [-0.39, 0.29) is 5.69 Å². The minimum absolute atomic E-state index is 0.0567. The van der Waals surface area contributed by atoms with Gasteiger partial charge in [-0.3, -0.25) is 4.79 Å². The standard InChI is InChI=1S/C20H14ClF2NOS/c21-15-5-8-17(9-6-15)26-12-13-1-3-14(4-2-13)20(25)24-19-10-7-16(22)11-18(19)23/h1-11H,12H2,(H,24,25). The Bertz CT molecular complexity index is 914. The molecule has 26 heavy (non-hydrogen) atoms. The van der Waals surface area contributed by atoms with Gasteiger partial charge in [0.1, 0.15) is 11.6 Å². The second-order valence-electron chi connectivity index (χ2n) is 5.52. The minimum atomic E-state index is -0.811. The van der Waals surface area contributed by atoms with E-state index in [1.807, 2.05) is 36.4 Å². The molecule has 0 bridgehead atoms. The van der Waals surface area contributed by atoms with Gasteiger partial charge in [0.05, 0.1) is 5.69 Å². The molecule has 0 spiro atoms. The topological polar surface area (TPSA) is 29.1 Å². The molecule has 0 atom stereocenters. The van der Waals surface area contributed by atoms with Crippen LogP contribution in [0.4, 0.5) is 14.5 Å². The second kappa shape index (κ2) is 8.34. The van der Waals surface area contributed by atoms with Crippen molar-refractivity contribution in [2.45, 2.75) is 10.6 Å². The van der Waals surface area contributed by atoms with Crippen LogP contribution >= 0.6 is 23.4 Å². The third-order valence-corrected chi connectivity index (χ3v) is 4.95. The van der Waals surface area contributed by atoms with Crippen molar-refractivity contribution < 1.29 is 13.6 Å². The molecule has 1 amide bonds. The summed E-state index contributed by atoms with van der Waals surface area (Å²) in [5.41, 5.74) is 1.39. The number of benzene rings is 3. The van der Waals surface area contributed by atoms with Gasteiger partial charge in [-0.25, -0.2) is 8.78 Å². The summed E-state index contributed by atoms with van der Waals surface area (Å²) in [6.07, 6.45) is 0. The molecule has 2 nitrogen and oxygen atoms in total. The maximum atomic E-state index is 13.6. The molecule has 6 heteroatoms. The van der Waals surface area contributed by atoms with Crippen molar-refractivity contribution in [3.8, 4) is 0 Å². The van der Waals surface area contributed by atoms with Crippen LogP contribution in [0.1, 0.15) is 15.9 Å². The lowest BCUT2D eigenvalue weighted by Crippen LogP contribution is -2.13. The molecule has 0 saturated heterocycles. The Balaban J connectivity index is 1.61. The lowest BCUT2D eigenvalue weighted by atomic mass is 10.1. The molecule has 0 aliphatic heterocycles. The molecule has 3 rings (SSSR count). The van der Waals surface area contributed by atoms with Crippen LogP contribution in [0.5, 0.6) is 0 Å². The Hall–Kier alpha value is -2.37. The molecule has 0 aromatic heterocycles. The quantitative estimate of drug-likeness (QED) is 0.529. The molecule has 0 aliphatic rings. The van der Waals surface area contributed by atoms with Gasteiger partial charge >= 0.3 is 0 Å². The summed E-state index contributed by atoms with van der Waals surface area (Å²) >= 11 is 7.52. The zero-order valence-electron chi connectivity index (χ0n) is 13.5. The number of hydrogen-bond donors (Lipinski definition) is 1. The third kappa shape index (κ3) is 4.84. The van der Waals surface area contributed by atoms with E-state index in [1.54, 1.807) is 23.9 Å². The van der Waals surface area contributed by atoms with E-state index in [0.717, 1.165) is 28.3 Å². The number of rotatable bonds is 5. The number of thioether (sulfide) groups is 1. The number of carbonyl (C=O) groups is 1. The Kier molecular flexibility index (Phi) is 5.91. The van der Waals surface area contributed by atoms with Crippen molar-refractivity contribution >= 4 is 35.0 Å². The van der Waals surface area contributed by atoms with E-state index in [2.05, 4.69) is 5.32 Å². The molecular weight excluding hydrogens is 376 g/mol. The third-order valence-electron chi connectivity index (χ3n) is 3.61. The van der Waals surface area contributed by atoms with E-state index < -0.39 is 17.5 Å². The van der Waals surface area contributed by atoms with Gasteiger partial charge in [-0.1, -0.05) is 23.7 Å². The molecule has 0 saturated carbocycles. The fourth-order valence-electron chi connectivity index (χ4n) is 2.24. The lowest BCUT2D eigenvalue weighted by molar-refractivity contribution is 0.102. The zero-order chi connectivity index (χ0) is 18.5. The molecular formula is C20H14ClF2NOS. The predicted molar refractivity (Wildman–Crippen MR) is 102 cm³/mol. The first-order chi connectivity index (χ1) is 12.5. The van der Waals surface area contributed by atoms with Crippen LogP contribution in [-0.2, 0) is 5.75 Å². The summed E-state index contributed by atoms with van der Waals surface area (Å²) in [6.45, 7) is 0. The summed E-state index contributed by atoms with van der Waals surface area (Å²) < 4.78 is 26.5. The lowest BCUT2D eigenvalue weighted by Gasteiger charge is -2.07. The average Bonchev–Trinajstić information content (AvgIpc) is 2.64. The number of amides is 1. The second-order valence-corrected chi connectivity index (χ2v) is 7.00. The molecule has 132 valence electrons. The average molecular weight is 390 g/mol. The van der Waals surface area contributed by atoms with Crippen LogP contribution in [0, 0.1) is 11.6 Å². The van der Waals surface area contributed by atoms with Gasteiger partial charge in [0.25, 0.3) is 5.91 Å². The molecule has 0 heterocycles. The summed E-state index contributed by atoms with van der Waals surface area (Å²) in [4.78, 5) is 13.3. The molecule has 3 aromatic rings. The highest BCUT2D eigenvalue weighted by molar-refractivity contribution is 7.98. The van der Waals surface area contributed by atoms with Crippen LogP contribution in [0.25, 0.3) is 0 Å². The minimum Gasteiger partial charge on any atom is -0.319 e. The van der Waals surface area contributed by atoms with Crippen molar-refractivity contribution in [1.29, 1.82) is 0 Å². The molecule has 0 radical (unpaired) electrons. The normalized spacial score (nSPS) is 10.6. The van der Waals surface area contributed by atoms with Crippen molar-refractivity contribution in [1.82, 2.24) is 0 Å². The van der Waals surface area contributed by atoms with Crippen molar-refractivity contribution in [2.24, 2.45) is 0 Å². The molecule has 0 unspecified atom stereocenters. The zero-order valence-corrected chi connectivity index (χ0v) is 15.1. The van der Waals surface area contributed by atoms with Crippen molar-refractivity contribution in [3.05, 3.63) is 94.5 Å². The molecule has 1 N–H and O–H groups in total. The van der Waals surface area contributed by atoms with Gasteiger partial charge in [-0.15, -0.1) is 11.8 Å². The van der Waals surface area contributed by atoms with Crippen LogP contribution in [0.15, 0.2) is 71.6 Å². The van der Waals surface area contributed by atoms with E-state index in [1.165, 1.54) is 6.07 Å². The van der Waals surface area contributed by atoms with Crippen LogP contribution in [0.2, 0.25) is 5.02 Å². The highest BCUT2D eigenvalue weighted by Gasteiger charge is 2.10. The van der Waals surface area contributed by atoms with Crippen LogP contribution < -0.4 is 5.32 Å². The van der Waals surface area contributed by atoms with Gasteiger partial charge in [-0.2, -0.15) is 0 Å². The highest BCUT2D eigenvalue weighted by atomic mass is 35.5. The number of halogens is 3. The molecule has 0 aliphatic carbocycles.